The summed E-state index contributed by atoms with van der Waals surface area (Å²) in [6.45, 7) is 2.12. The second kappa shape index (κ2) is 7.03. The predicted molar refractivity (Wildman–Crippen MR) is 70.9 cm³/mol. The van der Waals surface area contributed by atoms with Gasteiger partial charge in [0, 0.05) is 11.4 Å². The van der Waals surface area contributed by atoms with Crippen LogP contribution in [-0.2, 0) is 9.53 Å². The van der Waals surface area contributed by atoms with Crippen molar-refractivity contribution in [3.63, 3.8) is 0 Å². The van der Waals surface area contributed by atoms with E-state index in [1.807, 2.05) is 0 Å². The summed E-state index contributed by atoms with van der Waals surface area (Å²) in [5.41, 5.74) is 5.99. The fourth-order valence-electron chi connectivity index (χ4n) is 2.14. The molecule has 5 unspecified atom stereocenters. The molecular formula is C11H18Cl3NO2. The van der Waals surface area contributed by atoms with E-state index in [4.69, 9.17) is 45.3 Å². The first-order valence-corrected chi connectivity index (χ1v) is 7.10. The zero-order chi connectivity index (χ0) is 13.0. The molecule has 100 valence electrons. The Morgan fingerprint density at radius 1 is 1.41 bits per heavy atom. The minimum Gasteiger partial charge on any atom is -0.466 e. The molecule has 0 aromatic rings. The van der Waals surface area contributed by atoms with Crippen molar-refractivity contribution in [3.05, 3.63) is 0 Å². The van der Waals surface area contributed by atoms with Crippen molar-refractivity contribution in [1.29, 1.82) is 0 Å². The zero-order valence-corrected chi connectivity index (χ0v) is 12.0. The maximum absolute atomic E-state index is 11.4. The quantitative estimate of drug-likeness (QED) is 0.641. The Morgan fingerprint density at radius 2 is 2.06 bits per heavy atom. The Hall–Kier alpha value is 0.300. The van der Waals surface area contributed by atoms with Gasteiger partial charge in [0.15, 0.2) is 0 Å². The van der Waals surface area contributed by atoms with Crippen LogP contribution in [-0.4, -0.2) is 34.7 Å². The lowest BCUT2D eigenvalue weighted by Crippen LogP contribution is -2.46. The number of hydrogen-bond acceptors (Lipinski definition) is 3. The number of hydrogen-bond donors (Lipinski definition) is 1. The number of esters is 1. The second-order valence-electron chi connectivity index (χ2n) is 4.37. The summed E-state index contributed by atoms with van der Waals surface area (Å²) in [6.07, 6.45) is 1.54. The van der Waals surface area contributed by atoms with E-state index in [-0.39, 0.29) is 40.5 Å². The van der Waals surface area contributed by atoms with Gasteiger partial charge in [0.25, 0.3) is 0 Å². The Labute approximate surface area is 117 Å². The zero-order valence-electron chi connectivity index (χ0n) is 9.74. The number of ether oxygens (including phenoxy) is 1. The van der Waals surface area contributed by atoms with Gasteiger partial charge in [0.1, 0.15) is 0 Å². The van der Waals surface area contributed by atoms with Gasteiger partial charge in [-0.25, -0.2) is 0 Å². The van der Waals surface area contributed by atoms with Gasteiger partial charge in [-0.2, -0.15) is 0 Å². The normalized spacial score (nSPS) is 35.4. The van der Waals surface area contributed by atoms with Crippen LogP contribution in [0.5, 0.6) is 0 Å². The highest BCUT2D eigenvalue weighted by molar-refractivity contribution is 6.31. The third kappa shape index (κ3) is 4.47. The fourth-order valence-corrected chi connectivity index (χ4v) is 3.42. The molecule has 1 rings (SSSR count). The minimum absolute atomic E-state index is 0.0225. The van der Waals surface area contributed by atoms with Gasteiger partial charge < -0.3 is 10.5 Å². The smallest absolute Gasteiger partial charge is 0.307 e. The molecule has 0 aliphatic heterocycles. The molecule has 2 N–H and O–H groups in total. The van der Waals surface area contributed by atoms with Crippen LogP contribution >= 0.6 is 34.8 Å². The summed E-state index contributed by atoms with van der Waals surface area (Å²) >= 11 is 18.4. The van der Waals surface area contributed by atoms with Crippen LogP contribution in [0.3, 0.4) is 0 Å². The van der Waals surface area contributed by atoms with E-state index in [2.05, 4.69) is 0 Å². The molecule has 17 heavy (non-hydrogen) atoms. The highest BCUT2D eigenvalue weighted by Gasteiger charge is 2.38. The summed E-state index contributed by atoms with van der Waals surface area (Å²) in [6, 6.07) is -0.348. The molecule has 5 atom stereocenters. The molecule has 0 aromatic heterocycles. The monoisotopic (exact) mass is 301 g/mol. The van der Waals surface area contributed by atoms with E-state index in [0.717, 1.165) is 0 Å². The number of alkyl halides is 3. The van der Waals surface area contributed by atoms with Crippen molar-refractivity contribution < 1.29 is 9.53 Å². The average Bonchev–Trinajstić information content (AvgIpc) is 2.23. The molecule has 1 aliphatic carbocycles. The lowest BCUT2D eigenvalue weighted by molar-refractivity contribution is -0.143. The van der Waals surface area contributed by atoms with Crippen LogP contribution in [0, 0.1) is 5.92 Å². The Balaban J connectivity index is 2.54. The van der Waals surface area contributed by atoms with Crippen LogP contribution in [0.15, 0.2) is 0 Å². The lowest BCUT2D eigenvalue weighted by Gasteiger charge is -2.36. The van der Waals surface area contributed by atoms with Gasteiger partial charge in [-0.1, -0.05) is 0 Å². The molecule has 1 fully saturated rings. The van der Waals surface area contributed by atoms with E-state index in [1.54, 1.807) is 6.92 Å². The topological polar surface area (TPSA) is 52.3 Å². The number of carbonyl (C=O) groups excluding carboxylic acids is 1. The van der Waals surface area contributed by atoms with Gasteiger partial charge >= 0.3 is 5.97 Å². The first kappa shape index (κ1) is 15.4. The Bertz CT molecular complexity index is 265. The van der Waals surface area contributed by atoms with Gasteiger partial charge in [0.05, 0.1) is 23.8 Å². The minimum atomic E-state index is -0.348. The molecule has 0 bridgehead atoms. The van der Waals surface area contributed by atoms with Crippen molar-refractivity contribution in [1.82, 2.24) is 0 Å². The maximum atomic E-state index is 11.4. The summed E-state index contributed by atoms with van der Waals surface area (Å²) in [5.74, 6) is -0.341. The molecule has 0 amide bonds. The number of carbonyl (C=O) groups is 1. The molecule has 0 aromatic carbocycles. The highest BCUT2D eigenvalue weighted by Crippen LogP contribution is 2.37. The molecule has 0 spiro atoms. The average molecular weight is 303 g/mol. The van der Waals surface area contributed by atoms with Crippen LogP contribution in [0.2, 0.25) is 0 Å². The lowest BCUT2D eigenvalue weighted by atomic mass is 9.82. The van der Waals surface area contributed by atoms with E-state index in [1.165, 1.54) is 0 Å². The van der Waals surface area contributed by atoms with E-state index in [0.29, 0.717) is 19.4 Å². The fraction of sp³-hybridized carbons (Fsp3) is 0.909. The van der Waals surface area contributed by atoms with Crippen LogP contribution in [0.4, 0.5) is 0 Å². The molecule has 1 aliphatic rings. The van der Waals surface area contributed by atoms with Crippen molar-refractivity contribution >= 4 is 40.8 Å². The summed E-state index contributed by atoms with van der Waals surface area (Å²) < 4.78 is 4.86. The van der Waals surface area contributed by atoms with Crippen molar-refractivity contribution in [2.75, 3.05) is 6.61 Å². The standard InChI is InChI=1S/C11H18Cl3NO2/c1-2-17-10(16)5-9(15)7-3-6(12)4-8(13)11(7)14/h6-9,11H,2-5,15H2,1H3. The SMILES string of the molecule is CCOC(=O)CC(N)C1CC(Cl)CC(Cl)C1Cl. The van der Waals surface area contributed by atoms with Crippen LogP contribution < -0.4 is 5.73 Å². The molecular weight excluding hydrogens is 284 g/mol. The molecule has 1 saturated carbocycles. The van der Waals surface area contributed by atoms with E-state index < -0.39 is 0 Å². The molecule has 3 nitrogen and oxygen atoms in total. The largest absolute Gasteiger partial charge is 0.466 e. The van der Waals surface area contributed by atoms with Gasteiger partial charge in [-0.3, -0.25) is 4.79 Å². The molecule has 0 saturated heterocycles. The van der Waals surface area contributed by atoms with Crippen molar-refractivity contribution in [3.8, 4) is 0 Å². The number of rotatable bonds is 4. The highest BCUT2D eigenvalue weighted by atomic mass is 35.5. The third-order valence-corrected chi connectivity index (χ3v) is 4.58. The molecule has 0 radical (unpaired) electrons. The first-order valence-electron chi connectivity index (χ1n) is 5.79. The molecule has 0 heterocycles. The van der Waals surface area contributed by atoms with E-state index in [9.17, 15) is 4.79 Å². The van der Waals surface area contributed by atoms with Gasteiger partial charge in [-0.15, -0.1) is 34.8 Å². The Kier molecular flexibility index (Phi) is 6.35. The summed E-state index contributed by atoms with van der Waals surface area (Å²) in [7, 11) is 0. The van der Waals surface area contributed by atoms with Crippen LogP contribution in [0.25, 0.3) is 0 Å². The maximum Gasteiger partial charge on any atom is 0.307 e. The van der Waals surface area contributed by atoms with Gasteiger partial charge in [-0.05, 0) is 25.7 Å². The summed E-state index contributed by atoms with van der Waals surface area (Å²) in [5, 5.41) is -0.451. The number of halogens is 3. The van der Waals surface area contributed by atoms with E-state index >= 15 is 0 Å². The number of nitrogens with two attached hydrogens (primary N) is 1. The summed E-state index contributed by atoms with van der Waals surface area (Å²) in [4.78, 5) is 11.4. The van der Waals surface area contributed by atoms with Crippen molar-refractivity contribution in [2.24, 2.45) is 11.7 Å². The first-order chi connectivity index (χ1) is 7.95. The predicted octanol–water partition coefficient (Wildman–Crippen LogP) is 2.50. The van der Waals surface area contributed by atoms with Crippen LogP contribution in [0.1, 0.15) is 26.2 Å². The molecule has 6 heteroatoms. The third-order valence-electron chi connectivity index (χ3n) is 3.02. The van der Waals surface area contributed by atoms with Gasteiger partial charge in [0.2, 0.25) is 0 Å². The Morgan fingerprint density at radius 3 is 2.65 bits per heavy atom. The van der Waals surface area contributed by atoms with Crippen molar-refractivity contribution in [2.45, 2.75) is 48.4 Å². The second-order valence-corrected chi connectivity index (χ2v) is 6.05.